The number of nitrogens with one attached hydrogen (secondary N) is 3. The molecule has 22 heavy (non-hydrogen) atoms. The van der Waals surface area contributed by atoms with Crippen molar-refractivity contribution in [1.29, 1.82) is 0 Å². The summed E-state index contributed by atoms with van der Waals surface area (Å²) in [5.74, 6) is 0.697. The van der Waals surface area contributed by atoms with E-state index in [-0.39, 0.29) is 6.04 Å². The molecule has 0 fully saturated rings. The van der Waals surface area contributed by atoms with E-state index in [0.29, 0.717) is 30.4 Å². The maximum absolute atomic E-state index is 11.6. The molecular weight excluding hydrogens is 282 g/mol. The van der Waals surface area contributed by atoms with Crippen LogP contribution in [0, 0.1) is 5.92 Å². The fourth-order valence-corrected chi connectivity index (χ4v) is 2.07. The molecule has 6 heteroatoms. The van der Waals surface area contributed by atoms with E-state index in [0.717, 1.165) is 19.4 Å². The first-order chi connectivity index (χ1) is 10.4. The van der Waals surface area contributed by atoms with E-state index in [1.54, 1.807) is 0 Å². The first kappa shape index (κ1) is 18.6. The van der Waals surface area contributed by atoms with Crippen LogP contribution in [0.1, 0.15) is 47.0 Å². The fraction of sp³-hybridized carbons (Fsp3) is 0.750. The van der Waals surface area contributed by atoms with Gasteiger partial charge in [-0.15, -0.1) is 0 Å². The lowest BCUT2D eigenvalue weighted by Crippen LogP contribution is -2.38. The molecule has 0 aliphatic heterocycles. The highest BCUT2D eigenvalue weighted by Gasteiger charge is 2.19. The summed E-state index contributed by atoms with van der Waals surface area (Å²) in [7, 11) is 0. The van der Waals surface area contributed by atoms with E-state index in [9.17, 15) is 9.59 Å². The van der Waals surface area contributed by atoms with Crippen molar-refractivity contribution in [3.05, 3.63) is 20.4 Å². The molecule has 0 bridgehead atoms. The molecule has 1 rings (SSSR count). The monoisotopic (exact) mass is 311 g/mol. The van der Waals surface area contributed by atoms with E-state index in [2.05, 4.69) is 30.0 Å². The summed E-state index contributed by atoms with van der Waals surface area (Å²) in [6, 6.07) is 0.245. The maximum Gasteiger partial charge on any atom is 0.253 e. The molecule has 0 unspecified atom stereocenters. The van der Waals surface area contributed by atoms with Crippen molar-refractivity contribution < 1.29 is 4.84 Å². The molecule has 1 aromatic carbocycles. The van der Waals surface area contributed by atoms with Gasteiger partial charge in [-0.1, -0.05) is 26.7 Å². The Morgan fingerprint density at radius 2 is 1.50 bits per heavy atom. The molecule has 3 N–H and O–H groups in total. The lowest BCUT2D eigenvalue weighted by molar-refractivity contribution is 0.0309. The third kappa shape index (κ3) is 6.15. The molecule has 1 aromatic rings. The van der Waals surface area contributed by atoms with Crippen LogP contribution in [0.3, 0.4) is 0 Å². The molecule has 0 aliphatic rings. The maximum atomic E-state index is 11.6. The van der Waals surface area contributed by atoms with Gasteiger partial charge in [-0.25, -0.2) is 0 Å². The molecule has 6 nitrogen and oxygen atoms in total. The van der Waals surface area contributed by atoms with E-state index >= 15 is 0 Å². The molecular formula is C16H29N3O3. The Morgan fingerprint density at radius 1 is 0.909 bits per heavy atom. The van der Waals surface area contributed by atoms with Crippen molar-refractivity contribution in [3.8, 4) is 0 Å². The fourth-order valence-electron chi connectivity index (χ4n) is 2.07. The van der Waals surface area contributed by atoms with Crippen molar-refractivity contribution in [2.24, 2.45) is 5.92 Å². The minimum Gasteiger partial charge on any atom is -0.380 e. The largest absolute Gasteiger partial charge is 0.380 e. The van der Waals surface area contributed by atoms with Crippen molar-refractivity contribution >= 4 is 11.4 Å². The van der Waals surface area contributed by atoms with Crippen LogP contribution in [0.4, 0.5) is 11.4 Å². The van der Waals surface area contributed by atoms with Crippen LogP contribution in [0.25, 0.3) is 0 Å². The van der Waals surface area contributed by atoms with Crippen molar-refractivity contribution in [3.63, 3.8) is 0 Å². The van der Waals surface area contributed by atoms with E-state index in [1.807, 2.05) is 13.8 Å². The standard InChI is InChI=1S/C16H29N3O3/c1-11(2)7-5-6-8-17-13-14(16(21)15(13)20)18-9-10-22-19-12(3)4/h11-12,17-19H,5-10H2,1-4H3. The van der Waals surface area contributed by atoms with Crippen molar-refractivity contribution in [2.45, 2.75) is 53.0 Å². The lowest BCUT2D eigenvalue weighted by atomic mass is 10.1. The molecule has 0 aliphatic carbocycles. The van der Waals surface area contributed by atoms with Gasteiger partial charge < -0.3 is 10.6 Å². The first-order valence-corrected chi connectivity index (χ1v) is 8.11. The Bertz CT molecular complexity index is 459. The highest BCUT2D eigenvalue weighted by Crippen LogP contribution is 2.14. The molecule has 0 atom stereocenters. The normalized spacial score (nSPS) is 11.5. The second kappa shape index (κ2) is 9.58. The Hall–Kier alpha value is -1.40. The Balaban J connectivity index is 2.29. The van der Waals surface area contributed by atoms with E-state index < -0.39 is 10.9 Å². The summed E-state index contributed by atoms with van der Waals surface area (Å²) in [5, 5.41) is 6.04. The molecule has 0 amide bonds. The third-order valence-corrected chi connectivity index (χ3v) is 3.25. The van der Waals surface area contributed by atoms with Crippen molar-refractivity contribution in [1.82, 2.24) is 5.48 Å². The van der Waals surface area contributed by atoms with E-state index in [4.69, 9.17) is 4.84 Å². The quantitative estimate of drug-likeness (QED) is 0.311. The Labute approximate surface area is 132 Å². The third-order valence-electron chi connectivity index (χ3n) is 3.25. The average Bonchev–Trinajstić information content (AvgIpc) is 2.46. The topological polar surface area (TPSA) is 79.5 Å². The molecule has 0 saturated carbocycles. The van der Waals surface area contributed by atoms with Gasteiger partial charge in [0.05, 0.1) is 6.61 Å². The van der Waals surface area contributed by atoms with Crippen LogP contribution in [0.15, 0.2) is 9.59 Å². The van der Waals surface area contributed by atoms with Crippen LogP contribution >= 0.6 is 0 Å². The minimum atomic E-state index is -0.443. The molecule has 0 saturated heterocycles. The Morgan fingerprint density at radius 3 is 2.05 bits per heavy atom. The zero-order chi connectivity index (χ0) is 16.5. The van der Waals surface area contributed by atoms with Gasteiger partial charge in [-0.3, -0.25) is 14.4 Å². The SMILES string of the molecule is CC(C)CCCCNc1c(NCCONC(C)C)c(=O)c1=O. The predicted molar refractivity (Wildman–Crippen MR) is 91.2 cm³/mol. The minimum absolute atomic E-state index is 0.245. The summed E-state index contributed by atoms with van der Waals surface area (Å²) in [5.41, 5.74) is 2.77. The van der Waals surface area contributed by atoms with Gasteiger partial charge >= 0.3 is 0 Å². The zero-order valence-electron chi connectivity index (χ0n) is 14.1. The highest BCUT2D eigenvalue weighted by molar-refractivity contribution is 5.73. The number of hydrogen-bond acceptors (Lipinski definition) is 6. The van der Waals surface area contributed by atoms with Gasteiger partial charge in [0.1, 0.15) is 11.4 Å². The summed E-state index contributed by atoms with van der Waals surface area (Å²) in [6.45, 7) is 9.97. The molecule has 0 spiro atoms. The van der Waals surface area contributed by atoms with Gasteiger partial charge in [0.2, 0.25) is 0 Å². The molecule has 0 aromatic heterocycles. The van der Waals surface area contributed by atoms with Crippen LogP contribution in [-0.2, 0) is 4.84 Å². The molecule has 0 radical (unpaired) electrons. The summed E-state index contributed by atoms with van der Waals surface area (Å²) in [4.78, 5) is 28.3. The van der Waals surface area contributed by atoms with Gasteiger partial charge in [0.15, 0.2) is 0 Å². The number of hydroxylamine groups is 1. The lowest BCUT2D eigenvalue weighted by Gasteiger charge is -2.15. The van der Waals surface area contributed by atoms with Crippen LogP contribution < -0.4 is 27.0 Å². The number of unbranched alkanes of at least 4 members (excludes halogenated alkanes) is 1. The molecule has 126 valence electrons. The smallest absolute Gasteiger partial charge is 0.253 e. The van der Waals surface area contributed by atoms with Crippen LogP contribution in [0.5, 0.6) is 0 Å². The first-order valence-electron chi connectivity index (χ1n) is 8.11. The van der Waals surface area contributed by atoms with E-state index in [1.165, 1.54) is 6.42 Å². The highest BCUT2D eigenvalue weighted by atomic mass is 16.6. The second-order valence-corrected chi connectivity index (χ2v) is 6.27. The average molecular weight is 311 g/mol. The van der Waals surface area contributed by atoms with Crippen LogP contribution in [-0.4, -0.2) is 25.7 Å². The van der Waals surface area contributed by atoms with Gasteiger partial charge in [-0.2, -0.15) is 5.48 Å². The number of hydrogen-bond donors (Lipinski definition) is 3. The Kier molecular flexibility index (Phi) is 8.12. The number of rotatable bonds is 12. The van der Waals surface area contributed by atoms with Crippen molar-refractivity contribution in [2.75, 3.05) is 30.3 Å². The summed E-state index contributed by atoms with van der Waals surface area (Å²) in [6.07, 6.45) is 3.30. The number of anilines is 2. The summed E-state index contributed by atoms with van der Waals surface area (Å²) >= 11 is 0. The summed E-state index contributed by atoms with van der Waals surface area (Å²) < 4.78 is 0. The molecule has 0 heterocycles. The van der Waals surface area contributed by atoms with Gasteiger partial charge in [-0.05, 0) is 26.2 Å². The van der Waals surface area contributed by atoms with Crippen LogP contribution in [0.2, 0.25) is 0 Å². The predicted octanol–water partition coefficient (Wildman–Crippen LogP) is 1.86. The van der Waals surface area contributed by atoms with Gasteiger partial charge in [0, 0.05) is 19.1 Å². The second-order valence-electron chi connectivity index (χ2n) is 6.27. The zero-order valence-corrected chi connectivity index (χ0v) is 14.1. The van der Waals surface area contributed by atoms with Gasteiger partial charge in [0.25, 0.3) is 10.9 Å².